The maximum Gasteiger partial charge on any atom is 0.411 e. The molecule has 0 radical (unpaired) electrons. The van der Waals surface area contributed by atoms with E-state index in [4.69, 9.17) is 23.2 Å². The smallest absolute Gasteiger partial charge is 0.372 e. The number of halogens is 6. The van der Waals surface area contributed by atoms with Gasteiger partial charge in [-0.05, 0) is 30.5 Å². The fraction of sp³-hybridized carbons (Fsp3) is 0.500. The topological polar surface area (TPSA) is 9.23 Å². The summed E-state index contributed by atoms with van der Waals surface area (Å²) < 4.78 is 53.2. The molecule has 0 aromatic heterocycles. The lowest BCUT2D eigenvalue weighted by Gasteiger charge is -2.14. The van der Waals surface area contributed by atoms with E-state index in [0.717, 1.165) is 6.07 Å². The fourth-order valence-corrected chi connectivity index (χ4v) is 2.06. The number of hydrogen-bond acceptors (Lipinski definition) is 1. The molecular weight excluding hydrogens is 307 g/mol. The molecule has 1 aromatic rings. The van der Waals surface area contributed by atoms with E-state index in [1.165, 1.54) is 6.07 Å². The Labute approximate surface area is 118 Å². The minimum absolute atomic E-state index is 0.152. The maximum atomic E-state index is 13.2. The van der Waals surface area contributed by atoms with Crippen molar-refractivity contribution in [3.63, 3.8) is 0 Å². The molecule has 7 heteroatoms. The largest absolute Gasteiger partial charge is 0.411 e. The molecule has 1 aromatic carbocycles. The van der Waals surface area contributed by atoms with Gasteiger partial charge < -0.3 is 4.74 Å². The second-order valence-corrected chi connectivity index (χ2v) is 4.98. The zero-order valence-corrected chi connectivity index (χ0v) is 11.5. The van der Waals surface area contributed by atoms with Crippen LogP contribution in [0.5, 0.6) is 0 Å². The molecular formula is C12H12Cl2F4O. The fourth-order valence-electron chi connectivity index (χ4n) is 1.45. The van der Waals surface area contributed by atoms with E-state index in [1.807, 2.05) is 0 Å². The van der Waals surface area contributed by atoms with Gasteiger partial charge >= 0.3 is 6.18 Å². The predicted molar refractivity (Wildman–Crippen MR) is 66.2 cm³/mol. The Kier molecular flexibility index (Phi) is 5.89. The third-order valence-electron chi connectivity index (χ3n) is 2.40. The highest BCUT2D eigenvalue weighted by Gasteiger charge is 2.27. The number of ether oxygens (including phenoxy) is 1. The molecule has 0 saturated heterocycles. The van der Waals surface area contributed by atoms with Crippen LogP contribution >= 0.6 is 23.2 Å². The van der Waals surface area contributed by atoms with Crippen molar-refractivity contribution in [2.75, 3.05) is 13.2 Å². The molecule has 108 valence electrons. The average Bonchev–Trinajstić information content (AvgIpc) is 2.28. The molecule has 1 nitrogen and oxygen atoms in total. The molecule has 0 aliphatic carbocycles. The summed E-state index contributed by atoms with van der Waals surface area (Å²) >= 11 is 11.9. The van der Waals surface area contributed by atoms with Crippen LogP contribution < -0.4 is 0 Å². The van der Waals surface area contributed by atoms with E-state index < -0.39 is 24.0 Å². The Morgan fingerprint density at radius 3 is 2.53 bits per heavy atom. The minimum atomic E-state index is -4.36. The Balaban J connectivity index is 2.54. The van der Waals surface area contributed by atoms with Gasteiger partial charge in [-0.15, -0.1) is 11.6 Å². The lowest BCUT2D eigenvalue weighted by Crippen LogP contribution is -2.17. The van der Waals surface area contributed by atoms with E-state index in [2.05, 4.69) is 4.74 Å². The standard InChI is InChI=1S/C12H12Cl2F4O/c1-7-4-8(10(14)5-11(7)15)9(13)2-3-19-6-12(16,17)18/h4-5,9H,2-3,6H2,1H3. The highest BCUT2D eigenvalue weighted by atomic mass is 35.5. The lowest BCUT2D eigenvalue weighted by atomic mass is 10.1. The Hall–Kier alpha value is -0.520. The van der Waals surface area contributed by atoms with Gasteiger partial charge in [0.05, 0.1) is 5.38 Å². The van der Waals surface area contributed by atoms with Crippen molar-refractivity contribution < 1.29 is 22.3 Å². The van der Waals surface area contributed by atoms with Crippen LogP contribution in [0.3, 0.4) is 0 Å². The highest BCUT2D eigenvalue weighted by molar-refractivity contribution is 6.32. The van der Waals surface area contributed by atoms with Gasteiger partial charge in [0.2, 0.25) is 0 Å². The summed E-state index contributed by atoms with van der Waals surface area (Å²) in [4.78, 5) is 0. The summed E-state index contributed by atoms with van der Waals surface area (Å²) in [5, 5.41) is -0.473. The summed E-state index contributed by atoms with van der Waals surface area (Å²) in [6.07, 6.45) is -4.20. The van der Waals surface area contributed by atoms with Crippen LogP contribution in [-0.4, -0.2) is 19.4 Å². The van der Waals surface area contributed by atoms with Crippen LogP contribution in [-0.2, 0) is 4.74 Å². The van der Waals surface area contributed by atoms with E-state index in [1.54, 1.807) is 6.92 Å². The molecule has 19 heavy (non-hydrogen) atoms. The number of rotatable bonds is 5. The first-order valence-corrected chi connectivity index (χ1v) is 6.26. The van der Waals surface area contributed by atoms with E-state index in [-0.39, 0.29) is 18.1 Å². The third kappa shape index (κ3) is 5.55. The quantitative estimate of drug-likeness (QED) is 0.420. The summed E-state index contributed by atoms with van der Waals surface area (Å²) in [7, 11) is 0. The molecule has 0 heterocycles. The summed E-state index contributed by atoms with van der Waals surface area (Å²) in [6.45, 7) is 0.0894. The molecule has 0 aliphatic heterocycles. The Morgan fingerprint density at radius 2 is 1.95 bits per heavy atom. The van der Waals surface area contributed by atoms with Crippen LogP contribution in [0.4, 0.5) is 17.6 Å². The number of hydrogen-bond donors (Lipinski definition) is 0. The van der Waals surface area contributed by atoms with Crippen molar-refractivity contribution >= 4 is 23.2 Å². The number of alkyl halides is 4. The normalized spacial score (nSPS) is 13.6. The van der Waals surface area contributed by atoms with Crippen LogP contribution in [0.1, 0.15) is 22.9 Å². The van der Waals surface area contributed by atoms with Crippen molar-refractivity contribution in [1.29, 1.82) is 0 Å². The first-order chi connectivity index (χ1) is 8.70. The van der Waals surface area contributed by atoms with Crippen molar-refractivity contribution in [2.24, 2.45) is 0 Å². The molecule has 1 unspecified atom stereocenters. The molecule has 0 saturated carbocycles. The molecule has 0 bridgehead atoms. The highest BCUT2D eigenvalue weighted by Crippen LogP contribution is 2.32. The summed E-state index contributed by atoms with van der Waals surface area (Å²) in [6, 6.07) is 2.62. The average molecular weight is 319 g/mol. The molecule has 0 N–H and O–H groups in total. The molecule has 1 atom stereocenters. The summed E-state index contributed by atoms with van der Waals surface area (Å²) in [5.74, 6) is -0.453. The predicted octanol–water partition coefficient (Wildman–Crippen LogP) is 5.04. The van der Waals surface area contributed by atoms with Crippen molar-refractivity contribution in [2.45, 2.75) is 24.9 Å². The van der Waals surface area contributed by atoms with Gasteiger partial charge in [-0.1, -0.05) is 17.7 Å². The van der Waals surface area contributed by atoms with Gasteiger partial charge in [0, 0.05) is 11.6 Å². The zero-order chi connectivity index (χ0) is 14.6. The van der Waals surface area contributed by atoms with Gasteiger partial charge in [0.15, 0.2) is 0 Å². The maximum absolute atomic E-state index is 13.2. The van der Waals surface area contributed by atoms with Gasteiger partial charge in [-0.25, -0.2) is 4.39 Å². The monoisotopic (exact) mass is 318 g/mol. The molecule has 0 spiro atoms. The lowest BCUT2D eigenvalue weighted by molar-refractivity contribution is -0.174. The second kappa shape index (κ2) is 6.77. The molecule has 0 aliphatic rings. The van der Waals surface area contributed by atoms with Crippen molar-refractivity contribution in [3.05, 3.63) is 34.1 Å². The summed E-state index contributed by atoms with van der Waals surface area (Å²) in [5.41, 5.74) is 0.860. The third-order valence-corrected chi connectivity index (χ3v) is 3.18. The SMILES string of the molecule is Cc1cc(C(Cl)CCOCC(F)(F)F)c(Cl)cc1F. The van der Waals surface area contributed by atoms with Crippen LogP contribution in [0, 0.1) is 12.7 Å². The number of benzene rings is 1. The van der Waals surface area contributed by atoms with E-state index in [0.29, 0.717) is 11.1 Å². The number of aryl methyl sites for hydroxylation is 1. The van der Waals surface area contributed by atoms with Crippen LogP contribution in [0.15, 0.2) is 12.1 Å². The Morgan fingerprint density at radius 1 is 1.32 bits per heavy atom. The second-order valence-electron chi connectivity index (χ2n) is 4.05. The van der Waals surface area contributed by atoms with Gasteiger partial charge in [0.1, 0.15) is 12.4 Å². The van der Waals surface area contributed by atoms with Crippen LogP contribution in [0.2, 0.25) is 5.02 Å². The molecule has 0 amide bonds. The van der Waals surface area contributed by atoms with E-state index >= 15 is 0 Å². The molecule has 1 rings (SSSR count). The Bertz CT molecular complexity index is 434. The van der Waals surface area contributed by atoms with Gasteiger partial charge in [-0.3, -0.25) is 0 Å². The first kappa shape index (κ1) is 16.5. The van der Waals surface area contributed by atoms with Crippen LogP contribution in [0.25, 0.3) is 0 Å². The van der Waals surface area contributed by atoms with Crippen molar-refractivity contribution in [1.82, 2.24) is 0 Å². The molecule has 0 fully saturated rings. The van der Waals surface area contributed by atoms with E-state index in [9.17, 15) is 17.6 Å². The van der Waals surface area contributed by atoms with Gasteiger partial charge in [-0.2, -0.15) is 13.2 Å². The van der Waals surface area contributed by atoms with Crippen molar-refractivity contribution in [3.8, 4) is 0 Å². The first-order valence-electron chi connectivity index (χ1n) is 5.45. The zero-order valence-electron chi connectivity index (χ0n) is 10.0. The minimum Gasteiger partial charge on any atom is -0.372 e. The van der Waals surface area contributed by atoms with Gasteiger partial charge in [0.25, 0.3) is 0 Å².